The van der Waals surface area contributed by atoms with Gasteiger partial charge in [-0.2, -0.15) is 0 Å². The highest BCUT2D eigenvalue weighted by Gasteiger charge is 2.13. The van der Waals surface area contributed by atoms with Crippen LogP contribution in [0.1, 0.15) is 10.4 Å². The highest BCUT2D eigenvalue weighted by molar-refractivity contribution is 8.00. The van der Waals surface area contributed by atoms with Crippen LogP contribution < -0.4 is 10.1 Å². The standard InChI is InChI=1S/C19H17F2NO5S/c1-26-17-7-2-12(8-15(17)21)16(23)9-27-19(25)11-28-10-18(24)22-14-5-3-13(20)4-6-14/h2-8H,9-11H2,1H3,(H,22,24). The molecule has 1 amide bonds. The molecule has 6 nitrogen and oxygen atoms in total. The van der Waals surface area contributed by atoms with Crippen molar-refractivity contribution in [1.29, 1.82) is 0 Å². The molecule has 1 N–H and O–H groups in total. The van der Waals surface area contributed by atoms with E-state index in [9.17, 15) is 23.2 Å². The molecule has 0 aliphatic rings. The predicted octanol–water partition coefficient (Wildman–Crippen LogP) is 3.07. The molecule has 0 radical (unpaired) electrons. The van der Waals surface area contributed by atoms with Crippen molar-refractivity contribution in [3.63, 3.8) is 0 Å². The average Bonchev–Trinajstić information content (AvgIpc) is 2.67. The Balaban J connectivity index is 1.69. The second-order valence-electron chi connectivity index (χ2n) is 5.48. The zero-order chi connectivity index (χ0) is 20.5. The van der Waals surface area contributed by atoms with Gasteiger partial charge in [0.1, 0.15) is 5.82 Å². The number of carbonyl (C=O) groups is 3. The smallest absolute Gasteiger partial charge is 0.316 e. The number of hydrogen-bond donors (Lipinski definition) is 1. The Morgan fingerprint density at radius 2 is 1.75 bits per heavy atom. The number of Topliss-reactive ketones (excluding diaryl/α,β-unsaturated/α-hetero) is 1. The SMILES string of the molecule is COc1ccc(C(=O)COC(=O)CSCC(=O)Nc2ccc(F)cc2)cc1F. The summed E-state index contributed by atoms with van der Waals surface area (Å²) in [5, 5.41) is 2.55. The van der Waals surface area contributed by atoms with E-state index >= 15 is 0 Å². The van der Waals surface area contributed by atoms with E-state index in [1.54, 1.807) is 0 Å². The Bertz CT molecular complexity index is 858. The van der Waals surface area contributed by atoms with Gasteiger partial charge in [0.05, 0.1) is 18.6 Å². The maximum absolute atomic E-state index is 13.6. The fourth-order valence-electron chi connectivity index (χ4n) is 2.07. The third-order valence-corrected chi connectivity index (χ3v) is 4.33. The lowest BCUT2D eigenvalue weighted by Gasteiger charge is -2.07. The molecular weight excluding hydrogens is 392 g/mol. The number of hydrogen-bond acceptors (Lipinski definition) is 6. The molecule has 0 unspecified atom stereocenters. The van der Waals surface area contributed by atoms with Crippen molar-refractivity contribution in [2.75, 3.05) is 30.5 Å². The molecule has 148 valence electrons. The van der Waals surface area contributed by atoms with Crippen molar-refractivity contribution < 1.29 is 32.6 Å². The van der Waals surface area contributed by atoms with E-state index in [1.165, 1.54) is 43.5 Å². The maximum atomic E-state index is 13.6. The molecule has 0 spiro atoms. The van der Waals surface area contributed by atoms with Crippen LogP contribution in [-0.4, -0.2) is 42.9 Å². The summed E-state index contributed by atoms with van der Waals surface area (Å²) in [6.07, 6.45) is 0. The number of rotatable bonds is 9. The molecule has 0 aliphatic heterocycles. The summed E-state index contributed by atoms with van der Waals surface area (Å²) in [5.41, 5.74) is 0.490. The Kier molecular flexibility index (Phi) is 7.94. The second-order valence-corrected chi connectivity index (χ2v) is 6.47. The zero-order valence-corrected chi connectivity index (χ0v) is 15.7. The molecule has 2 aromatic carbocycles. The zero-order valence-electron chi connectivity index (χ0n) is 14.9. The Labute approximate surface area is 164 Å². The summed E-state index contributed by atoms with van der Waals surface area (Å²) < 4.78 is 36.0. The number of anilines is 1. The van der Waals surface area contributed by atoms with Crippen molar-refractivity contribution >= 4 is 35.1 Å². The molecular formula is C19H17F2NO5S. The van der Waals surface area contributed by atoms with Gasteiger partial charge in [-0.1, -0.05) is 0 Å². The van der Waals surface area contributed by atoms with Crippen LogP contribution in [0.4, 0.5) is 14.5 Å². The van der Waals surface area contributed by atoms with Crippen molar-refractivity contribution in [2.45, 2.75) is 0 Å². The highest BCUT2D eigenvalue weighted by Crippen LogP contribution is 2.18. The van der Waals surface area contributed by atoms with Gasteiger partial charge in [-0.25, -0.2) is 8.78 Å². The van der Waals surface area contributed by atoms with Crippen LogP contribution in [0.25, 0.3) is 0 Å². The fourth-order valence-corrected chi connectivity index (χ4v) is 2.68. The van der Waals surface area contributed by atoms with E-state index < -0.39 is 30.0 Å². The quantitative estimate of drug-likeness (QED) is 0.506. The van der Waals surface area contributed by atoms with Crippen LogP contribution in [0.2, 0.25) is 0 Å². The van der Waals surface area contributed by atoms with Gasteiger partial charge in [0.25, 0.3) is 0 Å². The normalized spacial score (nSPS) is 10.2. The number of ether oxygens (including phenoxy) is 2. The van der Waals surface area contributed by atoms with Gasteiger partial charge in [0.2, 0.25) is 5.91 Å². The number of nitrogens with one attached hydrogen (secondary N) is 1. The first-order valence-corrected chi connectivity index (χ1v) is 9.20. The lowest BCUT2D eigenvalue weighted by atomic mass is 10.1. The highest BCUT2D eigenvalue weighted by atomic mass is 32.2. The number of benzene rings is 2. The predicted molar refractivity (Wildman–Crippen MR) is 101 cm³/mol. The summed E-state index contributed by atoms with van der Waals surface area (Å²) in [6.45, 7) is -0.535. The molecule has 0 saturated heterocycles. The summed E-state index contributed by atoms with van der Waals surface area (Å²) in [4.78, 5) is 35.3. The third kappa shape index (κ3) is 6.66. The molecule has 0 atom stereocenters. The van der Waals surface area contributed by atoms with Gasteiger partial charge in [0.15, 0.2) is 24.0 Å². The van der Waals surface area contributed by atoms with Crippen molar-refractivity contribution in [3.8, 4) is 5.75 Å². The van der Waals surface area contributed by atoms with Crippen LogP contribution in [0.5, 0.6) is 5.75 Å². The summed E-state index contributed by atoms with van der Waals surface area (Å²) in [6, 6.07) is 8.94. The van der Waals surface area contributed by atoms with Gasteiger partial charge in [0, 0.05) is 11.3 Å². The number of methoxy groups -OCH3 is 1. The first kappa shape index (κ1) is 21.4. The van der Waals surface area contributed by atoms with Crippen LogP contribution in [0.3, 0.4) is 0 Å². The molecule has 28 heavy (non-hydrogen) atoms. The summed E-state index contributed by atoms with van der Waals surface area (Å²) >= 11 is 0.998. The molecule has 0 aromatic heterocycles. The van der Waals surface area contributed by atoms with Crippen LogP contribution >= 0.6 is 11.8 Å². The molecule has 2 rings (SSSR count). The molecule has 9 heteroatoms. The minimum atomic E-state index is -0.692. The van der Waals surface area contributed by atoms with Crippen LogP contribution in [0, 0.1) is 11.6 Å². The van der Waals surface area contributed by atoms with Gasteiger partial charge < -0.3 is 14.8 Å². The Hall–Kier alpha value is -2.94. The summed E-state index contributed by atoms with van der Waals surface area (Å²) in [7, 11) is 1.30. The number of halogens is 2. The topological polar surface area (TPSA) is 81.7 Å². The minimum absolute atomic E-state index is 0.00357. The van der Waals surface area contributed by atoms with Gasteiger partial charge in [-0.15, -0.1) is 11.8 Å². The maximum Gasteiger partial charge on any atom is 0.316 e. The van der Waals surface area contributed by atoms with E-state index in [4.69, 9.17) is 9.47 Å². The summed E-state index contributed by atoms with van der Waals surface area (Å²) in [5.74, 6) is -2.87. The third-order valence-electron chi connectivity index (χ3n) is 3.42. The lowest BCUT2D eigenvalue weighted by Crippen LogP contribution is -2.18. The first-order valence-electron chi connectivity index (χ1n) is 8.04. The van der Waals surface area contributed by atoms with Crippen molar-refractivity contribution in [1.82, 2.24) is 0 Å². The first-order chi connectivity index (χ1) is 13.4. The minimum Gasteiger partial charge on any atom is -0.494 e. The van der Waals surface area contributed by atoms with Gasteiger partial charge in [-0.3, -0.25) is 14.4 Å². The largest absolute Gasteiger partial charge is 0.494 e. The van der Waals surface area contributed by atoms with Crippen LogP contribution in [-0.2, 0) is 14.3 Å². The van der Waals surface area contributed by atoms with E-state index in [1.807, 2.05) is 0 Å². The molecule has 0 fully saturated rings. The number of thioether (sulfide) groups is 1. The number of carbonyl (C=O) groups excluding carboxylic acids is 3. The van der Waals surface area contributed by atoms with Crippen molar-refractivity contribution in [3.05, 3.63) is 59.7 Å². The number of esters is 1. The number of ketones is 1. The molecule has 0 saturated carbocycles. The second kappa shape index (κ2) is 10.4. The Morgan fingerprint density at radius 3 is 2.39 bits per heavy atom. The van der Waals surface area contributed by atoms with E-state index in [0.717, 1.165) is 17.8 Å². The van der Waals surface area contributed by atoms with E-state index in [-0.39, 0.29) is 28.7 Å². The number of amides is 1. The molecule has 0 heterocycles. The fraction of sp³-hybridized carbons (Fsp3) is 0.211. The Morgan fingerprint density at radius 1 is 1.04 bits per heavy atom. The van der Waals surface area contributed by atoms with Crippen LogP contribution in [0.15, 0.2) is 42.5 Å². The van der Waals surface area contributed by atoms with Crippen molar-refractivity contribution in [2.24, 2.45) is 0 Å². The van der Waals surface area contributed by atoms with Gasteiger partial charge in [-0.05, 0) is 42.5 Å². The van der Waals surface area contributed by atoms with E-state index in [0.29, 0.717) is 5.69 Å². The molecule has 2 aromatic rings. The molecule has 0 bridgehead atoms. The molecule has 0 aliphatic carbocycles. The lowest BCUT2D eigenvalue weighted by molar-refractivity contribution is -0.139. The van der Waals surface area contributed by atoms with Gasteiger partial charge >= 0.3 is 5.97 Å². The monoisotopic (exact) mass is 409 g/mol. The van der Waals surface area contributed by atoms with E-state index in [2.05, 4.69) is 5.32 Å². The average molecular weight is 409 g/mol.